The second-order valence-electron chi connectivity index (χ2n) is 5.28. The van der Waals surface area contributed by atoms with Gasteiger partial charge < -0.3 is 19.5 Å². The first-order valence-electron chi connectivity index (χ1n) is 7.66. The predicted molar refractivity (Wildman–Crippen MR) is 86.2 cm³/mol. The van der Waals surface area contributed by atoms with Crippen LogP contribution in [0.2, 0.25) is 0 Å². The Labute approximate surface area is 128 Å². The number of likely N-dealkylation sites (N-methyl/N-ethyl adjacent to an activating group) is 1. The van der Waals surface area contributed by atoms with Crippen LogP contribution in [0.1, 0.15) is 39.3 Å². The molecular formula is C17H29NO3. The lowest BCUT2D eigenvalue weighted by atomic mass is 9.92. The van der Waals surface area contributed by atoms with Crippen LogP contribution in [0.5, 0.6) is 11.5 Å². The van der Waals surface area contributed by atoms with E-state index < -0.39 is 0 Å². The van der Waals surface area contributed by atoms with Gasteiger partial charge in [0, 0.05) is 6.61 Å². The monoisotopic (exact) mass is 295 g/mol. The summed E-state index contributed by atoms with van der Waals surface area (Å²) < 4.78 is 17.1. The minimum absolute atomic E-state index is 0.0287. The molecule has 0 heterocycles. The van der Waals surface area contributed by atoms with Gasteiger partial charge in [-0.2, -0.15) is 0 Å². The molecule has 4 heteroatoms. The highest BCUT2D eigenvalue weighted by molar-refractivity contribution is 5.47. The Hall–Kier alpha value is -1.26. The summed E-state index contributed by atoms with van der Waals surface area (Å²) >= 11 is 0. The minimum Gasteiger partial charge on any atom is -0.496 e. The standard InChI is InChI=1S/C17H29NO3/c1-7-18-16(17(12(3)4)21-8-2)15-13(19-5)10-9-11-14(15)20-6/h9-12,16-18H,7-8H2,1-6H3. The maximum atomic E-state index is 6.00. The van der Waals surface area contributed by atoms with Crippen molar-refractivity contribution in [2.75, 3.05) is 27.4 Å². The van der Waals surface area contributed by atoms with Crippen molar-refractivity contribution in [3.8, 4) is 11.5 Å². The molecule has 0 aliphatic heterocycles. The molecule has 0 aliphatic rings. The fraction of sp³-hybridized carbons (Fsp3) is 0.647. The highest BCUT2D eigenvalue weighted by Crippen LogP contribution is 2.38. The van der Waals surface area contributed by atoms with Crippen LogP contribution in [-0.2, 0) is 4.74 Å². The first kappa shape index (κ1) is 17.8. The summed E-state index contributed by atoms with van der Waals surface area (Å²) in [6.07, 6.45) is 0.0557. The Morgan fingerprint density at radius 2 is 1.62 bits per heavy atom. The van der Waals surface area contributed by atoms with Gasteiger partial charge in [-0.1, -0.05) is 26.8 Å². The second-order valence-corrected chi connectivity index (χ2v) is 5.28. The maximum Gasteiger partial charge on any atom is 0.127 e. The molecule has 1 N–H and O–H groups in total. The summed E-state index contributed by atoms with van der Waals surface area (Å²) in [7, 11) is 3.37. The molecule has 2 unspecified atom stereocenters. The Bertz CT molecular complexity index is 398. The van der Waals surface area contributed by atoms with Crippen LogP contribution < -0.4 is 14.8 Å². The average Bonchev–Trinajstić information content (AvgIpc) is 2.49. The lowest BCUT2D eigenvalue weighted by Gasteiger charge is -2.32. The zero-order valence-corrected chi connectivity index (χ0v) is 14.1. The Kier molecular flexibility index (Phi) is 7.54. The fourth-order valence-corrected chi connectivity index (χ4v) is 2.65. The molecule has 21 heavy (non-hydrogen) atoms. The molecule has 0 aromatic heterocycles. The van der Waals surface area contributed by atoms with Gasteiger partial charge in [0.1, 0.15) is 11.5 Å². The molecule has 1 aromatic carbocycles. The minimum atomic E-state index is 0.0287. The zero-order chi connectivity index (χ0) is 15.8. The van der Waals surface area contributed by atoms with Crippen LogP contribution in [-0.4, -0.2) is 33.5 Å². The summed E-state index contributed by atoms with van der Waals surface area (Å²) in [5.41, 5.74) is 1.02. The smallest absolute Gasteiger partial charge is 0.127 e. The number of benzene rings is 1. The van der Waals surface area contributed by atoms with Gasteiger partial charge >= 0.3 is 0 Å². The van der Waals surface area contributed by atoms with Gasteiger partial charge in [0.15, 0.2) is 0 Å². The van der Waals surface area contributed by atoms with Crippen molar-refractivity contribution < 1.29 is 14.2 Å². The SMILES string of the molecule is CCNC(c1c(OC)cccc1OC)C(OCC)C(C)C. The van der Waals surface area contributed by atoms with E-state index in [1.807, 2.05) is 25.1 Å². The summed E-state index contributed by atoms with van der Waals surface area (Å²) in [4.78, 5) is 0. The van der Waals surface area contributed by atoms with Gasteiger partial charge in [0.05, 0.1) is 31.9 Å². The van der Waals surface area contributed by atoms with E-state index >= 15 is 0 Å². The maximum absolute atomic E-state index is 6.00. The van der Waals surface area contributed by atoms with Crippen LogP contribution in [0, 0.1) is 5.92 Å². The third kappa shape index (κ3) is 4.35. The molecule has 120 valence electrons. The third-order valence-corrected chi connectivity index (χ3v) is 3.55. The lowest BCUT2D eigenvalue weighted by molar-refractivity contribution is 0.00213. The van der Waals surface area contributed by atoms with E-state index in [1.54, 1.807) is 14.2 Å². The summed E-state index contributed by atoms with van der Waals surface area (Å²) in [5, 5.41) is 3.53. The first-order valence-corrected chi connectivity index (χ1v) is 7.66. The average molecular weight is 295 g/mol. The third-order valence-electron chi connectivity index (χ3n) is 3.55. The summed E-state index contributed by atoms with van der Waals surface area (Å²) in [6, 6.07) is 5.90. The summed E-state index contributed by atoms with van der Waals surface area (Å²) in [6.45, 7) is 10.00. The Morgan fingerprint density at radius 3 is 2.00 bits per heavy atom. The number of ether oxygens (including phenoxy) is 3. The number of methoxy groups -OCH3 is 2. The normalized spacial score (nSPS) is 14.0. The molecule has 0 radical (unpaired) electrons. The Balaban J connectivity index is 3.32. The van der Waals surface area contributed by atoms with Crippen LogP contribution in [0.4, 0.5) is 0 Å². The van der Waals surface area contributed by atoms with E-state index in [0.717, 1.165) is 23.6 Å². The van der Waals surface area contributed by atoms with E-state index in [1.165, 1.54) is 0 Å². The van der Waals surface area contributed by atoms with Crippen LogP contribution in [0.15, 0.2) is 18.2 Å². The molecule has 2 atom stereocenters. The Morgan fingerprint density at radius 1 is 1.05 bits per heavy atom. The number of rotatable bonds is 9. The fourth-order valence-electron chi connectivity index (χ4n) is 2.65. The van der Waals surface area contributed by atoms with E-state index in [2.05, 4.69) is 26.1 Å². The van der Waals surface area contributed by atoms with E-state index in [9.17, 15) is 0 Å². The number of nitrogens with one attached hydrogen (secondary N) is 1. The molecule has 1 aromatic rings. The molecule has 0 fully saturated rings. The van der Waals surface area contributed by atoms with Crippen molar-refractivity contribution in [3.63, 3.8) is 0 Å². The molecule has 0 bridgehead atoms. The van der Waals surface area contributed by atoms with Gasteiger partial charge in [-0.15, -0.1) is 0 Å². The van der Waals surface area contributed by atoms with Crippen LogP contribution >= 0.6 is 0 Å². The first-order chi connectivity index (χ1) is 10.1. The van der Waals surface area contributed by atoms with E-state index in [0.29, 0.717) is 12.5 Å². The van der Waals surface area contributed by atoms with E-state index in [-0.39, 0.29) is 12.1 Å². The highest BCUT2D eigenvalue weighted by atomic mass is 16.5. The molecule has 1 rings (SSSR count). The summed E-state index contributed by atoms with van der Waals surface area (Å²) in [5.74, 6) is 2.03. The molecule has 4 nitrogen and oxygen atoms in total. The predicted octanol–water partition coefficient (Wildman–Crippen LogP) is 3.42. The van der Waals surface area contributed by atoms with Gasteiger partial charge in [0.25, 0.3) is 0 Å². The van der Waals surface area contributed by atoms with Gasteiger partial charge in [-0.05, 0) is 31.5 Å². The van der Waals surface area contributed by atoms with Crippen LogP contribution in [0.25, 0.3) is 0 Å². The zero-order valence-electron chi connectivity index (χ0n) is 14.1. The van der Waals surface area contributed by atoms with Gasteiger partial charge in [0.2, 0.25) is 0 Å². The topological polar surface area (TPSA) is 39.7 Å². The van der Waals surface area contributed by atoms with Crippen molar-refractivity contribution >= 4 is 0 Å². The highest BCUT2D eigenvalue weighted by Gasteiger charge is 2.30. The van der Waals surface area contributed by atoms with Crippen molar-refractivity contribution in [1.29, 1.82) is 0 Å². The van der Waals surface area contributed by atoms with Crippen LogP contribution in [0.3, 0.4) is 0 Å². The van der Waals surface area contributed by atoms with Crippen molar-refractivity contribution in [2.24, 2.45) is 5.92 Å². The second kappa shape index (κ2) is 8.90. The van der Waals surface area contributed by atoms with Gasteiger partial charge in [-0.25, -0.2) is 0 Å². The lowest BCUT2D eigenvalue weighted by Crippen LogP contribution is -2.37. The largest absolute Gasteiger partial charge is 0.496 e. The molecule has 0 spiro atoms. The molecular weight excluding hydrogens is 266 g/mol. The van der Waals surface area contributed by atoms with E-state index in [4.69, 9.17) is 14.2 Å². The number of hydrogen-bond donors (Lipinski definition) is 1. The van der Waals surface area contributed by atoms with Crippen molar-refractivity contribution in [3.05, 3.63) is 23.8 Å². The van der Waals surface area contributed by atoms with Gasteiger partial charge in [-0.3, -0.25) is 0 Å². The van der Waals surface area contributed by atoms with Crippen molar-refractivity contribution in [2.45, 2.75) is 39.8 Å². The molecule has 0 saturated carbocycles. The van der Waals surface area contributed by atoms with Crippen molar-refractivity contribution in [1.82, 2.24) is 5.32 Å². The number of hydrogen-bond acceptors (Lipinski definition) is 4. The molecule has 0 aliphatic carbocycles. The molecule has 0 amide bonds. The molecule has 0 saturated heterocycles. The quantitative estimate of drug-likeness (QED) is 0.758.